The van der Waals surface area contributed by atoms with Crippen LogP contribution in [0.5, 0.6) is 0 Å². The quantitative estimate of drug-likeness (QED) is 0.819. The van der Waals surface area contributed by atoms with Crippen molar-refractivity contribution in [2.75, 3.05) is 13.6 Å². The molecule has 0 heterocycles. The fourth-order valence-electron chi connectivity index (χ4n) is 2.15. The van der Waals surface area contributed by atoms with Crippen LogP contribution in [-0.4, -0.2) is 29.2 Å². The second-order valence-electron chi connectivity index (χ2n) is 5.09. The Morgan fingerprint density at radius 1 is 1.24 bits per heavy atom. The monoisotopic (exact) mass is 235 g/mol. The molecule has 0 unspecified atom stereocenters. The number of aliphatic hydroxyl groups is 1. The molecule has 0 saturated carbocycles. The number of rotatable bonds is 6. The average Bonchev–Trinajstić information content (AvgIpc) is 2.28. The van der Waals surface area contributed by atoms with E-state index in [1.807, 2.05) is 13.8 Å². The van der Waals surface area contributed by atoms with E-state index in [2.05, 4.69) is 43.1 Å². The molecule has 96 valence electrons. The van der Waals surface area contributed by atoms with Crippen molar-refractivity contribution < 1.29 is 5.11 Å². The summed E-state index contributed by atoms with van der Waals surface area (Å²) in [6.07, 6.45) is 1.61. The van der Waals surface area contributed by atoms with Crippen LogP contribution in [0.25, 0.3) is 0 Å². The predicted molar refractivity (Wildman–Crippen MR) is 73.0 cm³/mol. The van der Waals surface area contributed by atoms with Crippen molar-refractivity contribution >= 4 is 0 Å². The molecule has 1 N–H and O–H groups in total. The largest absolute Gasteiger partial charge is 0.389 e. The highest BCUT2D eigenvalue weighted by Crippen LogP contribution is 2.17. The molecule has 0 aliphatic heterocycles. The Morgan fingerprint density at radius 3 is 2.41 bits per heavy atom. The molecule has 17 heavy (non-hydrogen) atoms. The maximum atomic E-state index is 10.3. The van der Waals surface area contributed by atoms with E-state index in [4.69, 9.17) is 0 Å². The van der Waals surface area contributed by atoms with Crippen LogP contribution in [0.4, 0.5) is 0 Å². The van der Waals surface area contributed by atoms with Gasteiger partial charge in [-0.1, -0.05) is 43.7 Å². The van der Waals surface area contributed by atoms with E-state index in [1.54, 1.807) is 0 Å². The molecular formula is C15H25NO. The molecular weight excluding hydrogens is 210 g/mol. The zero-order chi connectivity index (χ0) is 12.9. The fraction of sp³-hybridized carbons (Fsp3) is 0.600. The van der Waals surface area contributed by atoms with Gasteiger partial charge >= 0.3 is 0 Å². The lowest BCUT2D eigenvalue weighted by Crippen LogP contribution is -2.40. The Balaban J connectivity index is 2.58. The maximum absolute atomic E-state index is 10.3. The first-order valence-corrected chi connectivity index (χ1v) is 6.45. The lowest BCUT2D eigenvalue weighted by molar-refractivity contribution is 0.00131. The van der Waals surface area contributed by atoms with Crippen LogP contribution in [0.3, 0.4) is 0 Å². The van der Waals surface area contributed by atoms with E-state index in [-0.39, 0.29) is 0 Å². The van der Waals surface area contributed by atoms with Crippen LogP contribution in [0.15, 0.2) is 24.3 Å². The summed E-state index contributed by atoms with van der Waals surface area (Å²) in [4.78, 5) is 2.20. The molecule has 0 amide bonds. The summed E-state index contributed by atoms with van der Waals surface area (Å²) >= 11 is 0. The fourth-order valence-corrected chi connectivity index (χ4v) is 2.15. The molecule has 0 aliphatic carbocycles. The first-order chi connectivity index (χ1) is 7.99. The van der Waals surface area contributed by atoms with Gasteiger partial charge in [-0.3, -0.25) is 4.90 Å². The third kappa shape index (κ3) is 4.49. The normalized spacial score (nSPS) is 12.1. The van der Waals surface area contributed by atoms with Gasteiger partial charge in [-0.25, -0.2) is 0 Å². The lowest BCUT2D eigenvalue weighted by atomic mass is 9.97. The van der Waals surface area contributed by atoms with E-state index in [0.29, 0.717) is 0 Å². The molecule has 1 aromatic rings. The van der Waals surface area contributed by atoms with Gasteiger partial charge in [-0.2, -0.15) is 0 Å². The van der Waals surface area contributed by atoms with Crippen molar-refractivity contribution in [3.8, 4) is 0 Å². The van der Waals surface area contributed by atoms with Crippen molar-refractivity contribution in [2.24, 2.45) is 0 Å². The van der Waals surface area contributed by atoms with Gasteiger partial charge in [0.25, 0.3) is 0 Å². The summed E-state index contributed by atoms with van der Waals surface area (Å²) in [6.45, 7) is 7.82. The Labute approximate surface area is 105 Å². The number of nitrogens with zero attached hydrogens (tertiary/aromatic N) is 1. The molecule has 0 saturated heterocycles. The van der Waals surface area contributed by atoms with E-state index in [1.165, 1.54) is 11.1 Å². The van der Waals surface area contributed by atoms with Gasteiger partial charge in [-0.15, -0.1) is 0 Å². The highest BCUT2D eigenvalue weighted by molar-refractivity contribution is 5.22. The van der Waals surface area contributed by atoms with Crippen LogP contribution in [0, 0.1) is 6.92 Å². The van der Waals surface area contributed by atoms with Gasteiger partial charge in [0, 0.05) is 13.1 Å². The van der Waals surface area contributed by atoms with E-state index in [0.717, 1.165) is 25.9 Å². The number of hydrogen-bond donors (Lipinski definition) is 1. The van der Waals surface area contributed by atoms with Gasteiger partial charge in [0.05, 0.1) is 5.60 Å². The third-order valence-electron chi connectivity index (χ3n) is 3.42. The minimum Gasteiger partial charge on any atom is -0.389 e. The first-order valence-electron chi connectivity index (χ1n) is 6.45. The van der Waals surface area contributed by atoms with Crippen LogP contribution < -0.4 is 0 Å². The highest BCUT2D eigenvalue weighted by Gasteiger charge is 2.23. The second-order valence-corrected chi connectivity index (χ2v) is 5.09. The zero-order valence-corrected chi connectivity index (χ0v) is 11.5. The minimum absolute atomic E-state index is 0.543. The van der Waals surface area contributed by atoms with Crippen molar-refractivity contribution in [3.63, 3.8) is 0 Å². The third-order valence-corrected chi connectivity index (χ3v) is 3.42. The van der Waals surface area contributed by atoms with Gasteiger partial charge in [-0.05, 0) is 32.4 Å². The molecule has 0 atom stereocenters. The van der Waals surface area contributed by atoms with Crippen LogP contribution in [0.2, 0.25) is 0 Å². The summed E-state index contributed by atoms with van der Waals surface area (Å²) in [7, 11) is 2.07. The standard InChI is InChI=1S/C15H25NO/c1-5-15(17,6-2)12-16(4)11-14-9-7-8-13(3)10-14/h7-10,17H,5-6,11-12H2,1-4H3. The molecule has 0 radical (unpaired) electrons. The first kappa shape index (κ1) is 14.2. The summed E-state index contributed by atoms with van der Waals surface area (Å²) in [5.41, 5.74) is 2.05. The van der Waals surface area contributed by atoms with E-state index in [9.17, 15) is 5.11 Å². The van der Waals surface area contributed by atoms with Crippen molar-refractivity contribution in [2.45, 2.75) is 45.8 Å². The highest BCUT2D eigenvalue weighted by atomic mass is 16.3. The van der Waals surface area contributed by atoms with Crippen molar-refractivity contribution in [3.05, 3.63) is 35.4 Å². The zero-order valence-electron chi connectivity index (χ0n) is 11.5. The van der Waals surface area contributed by atoms with Crippen LogP contribution in [-0.2, 0) is 6.54 Å². The Bertz CT molecular complexity index is 345. The van der Waals surface area contributed by atoms with Crippen molar-refractivity contribution in [1.29, 1.82) is 0 Å². The Hall–Kier alpha value is -0.860. The molecule has 0 aliphatic rings. The number of benzene rings is 1. The predicted octanol–water partition coefficient (Wildman–Crippen LogP) is 2.98. The maximum Gasteiger partial charge on any atom is 0.0768 e. The Morgan fingerprint density at radius 2 is 1.88 bits per heavy atom. The number of aryl methyl sites for hydroxylation is 1. The van der Waals surface area contributed by atoms with E-state index < -0.39 is 5.60 Å². The molecule has 0 fully saturated rings. The second kappa shape index (κ2) is 6.18. The minimum atomic E-state index is -0.543. The Kier molecular flexibility index (Phi) is 5.16. The smallest absolute Gasteiger partial charge is 0.0768 e. The van der Waals surface area contributed by atoms with Crippen molar-refractivity contribution in [1.82, 2.24) is 4.90 Å². The summed E-state index contributed by atoms with van der Waals surface area (Å²) in [5.74, 6) is 0. The van der Waals surface area contributed by atoms with Gasteiger partial charge in [0.15, 0.2) is 0 Å². The number of likely N-dealkylation sites (N-methyl/N-ethyl adjacent to an activating group) is 1. The van der Waals surface area contributed by atoms with Gasteiger partial charge in [0.2, 0.25) is 0 Å². The molecule has 0 spiro atoms. The number of hydrogen-bond acceptors (Lipinski definition) is 2. The summed E-state index contributed by atoms with van der Waals surface area (Å²) < 4.78 is 0. The molecule has 2 heteroatoms. The molecule has 1 aromatic carbocycles. The van der Waals surface area contributed by atoms with Gasteiger partial charge in [0.1, 0.15) is 0 Å². The summed E-state index contributed by atoms with van der Waals surface area (Å²) in [5, 5.41) is 10.3. The lowest BCUT2D eigenvalue weighted by Gasteiger charge is -2.30. The molecule has 0 bridgehead atoms. The molecule has 1 rings (SSSR count). The molecule has 2 nitrogen and oxygen atoms in total. The summed E-state index contributed by atoms with van der Waals surface area (Å²) in [6, 6.07) is 8.54. The SMILES string of the molecule is CCC(O)(CC)CN(C)Cc1cccc(C)c1. The molecule has 0 aromatic heterocycles. The van der Waals surface area contributed by atoms with Crippen LogP contribution >= 0.6 is 0 Å². The average molecular weight is 235 g/mol. The topological polar surface area (TPSA) is 23.5 Å². The van der Waals surface area contributed by atoms with E-state index >= 15 is 0 Å². The van der Waals surface area contributed by atoms with Gasteiger partial charge < -0.3 is 5.11 Å². The van der Waals surface area contributed by atoms with Crippen LogP contribution in [0.1, 0.15) is 37.8 Å².